The van der Waals surface area contributed by atoms with Crippen LogP contribution in [0.4, 0.5) is 0 Å². The predicted molar refractivity (Wildman–Crippen MR) is 63.8 cm³/mol. The lowest BCUT2D eigenvalue weighted by atomic mass is 10.0. The van der Waals surface area contributed by atoms with Gasteiger partial charge in [-0.2, -0.15) is 0 Å². The van der Waals surface area contributed by atoms with E-state index in [1.165, 1.54) is 0 Å². The Balaban J connectivity index is 1.92. The standard InChI is InChI=1S/C11H16ClN3O/c1-7-4-9(2-3-13-7)15-11(16)10-5-8(12)6-14-10/h5-7,9,13-14H,2-4H2,1H3,(H,15,16). The van der Waals surface area contributed by atoms with E-state index >= 15 is 0 Å². The van der Waals surface area contributed by atoms with Crippen LogP contribution in [0.15, 0.2) is 12.3 Å². The molecule has 1 amide bonds. The Hall–Kier alpha value is -1.00. The van der Waals surface area contributed by atoms with E-state index in [-0.39, 0.29) is 11.9 Å². The van der Waals surface area contributed by atoms with Gasteiger partial charge in [-0.15, -0.1) is 0 Å². The molecular weight excluding hydrogens is 226 g/mol. The molecule has 2 heterocycles. The number of amides is 1. The minimum absolute atomic E-state index is 0.0778. The van der Waals surface area contributed by atoms with Crippen molar-refractivity contribution in [2.75, 3.05) is 6.54 Å². The summed E-state index contributed by atoms with van der Waals surface area (Å²) in [7, 11) is 0. The van der Waals surface area contributed by atoms with E-state index in [0.29, 0.717) is 16.8 Å². The van der Waals surface area contributed by atoms with Gasteiger partial charge in [-0.05, 0) is 32.4 Å². The number of hydrogen-bond donors (Lipinski definition) is 3. The molecule has 0 aromatic carbocycles. The van der Waals surface area contributed by atoms with Crippen LogP contribution in [0.25, 0.3) is 0 Å². The number of carbonyl (C=O) groups excluding carboxylic acids is 1. The van der Waals surface area contributed by atoms with Crippen LogP contribution in [0.5, 0.6) is 0 Å². The van der Waals surface area contributed by atoms with Crippen LogP contribution in [-0.4, -0.2) is 29.5 Å². The van der Waals surface area contributed by atoms with Gasteiger partial charge in [0, 0.05) is 18.3 Å². The van der Waals surface area contributed by atoms with Crippen molar-refractivity contribution in [1.82, 2.24) is 15.6 Å². The second-order valence-electron chi connectivity index (χ2n) is 4.28. The SMILES string of the molecule is CC1CC(NC(=O)c2cc(Cl)c[nH]2)CCN1. The molecule has 88 valence electrons. The van der Waals surface area contributed by atoms with Crippen LogP contribution in [0, 0.1) is 0 Å². The molecule has 5 heteroatoms. The number of H-pyrrole nitrogens is 1. The van der Waals surface area contributed by atoms with Gasteiger partial charge in [-0.1, -0.05) is 11.6 Å². The molecule has 1 aliphatic heterocycles. The van der Waals surface area contributed by atoms with Crippen molar-refractivity contribution in [3.8, 4) is 0 Å². The highest BCUT2D eigenvalue weighted by Crippen LogP contribution is 2.12. The molecule has 16 heavy (non-hydrogen) atoms. The van der Waals surface area contributed by atoms with Crippen molar-refractivity contribution in [2.45, 2.75) is 31.8 Å². The second-order valence-corrected chi connectivity index (χ2v) is 4.72. The summed E-state index contributed by atoms with van der Waals surface area (Å²) < 4.78 is 0. The van der Waals surface area contributed by atoms with Gasteiger partial charge in [-0.25, -0.2) is 0 Å². The molecule has 1 aliphatic rings. The first-order valence-corrected chi connectivity index (χ1v) is 5.91. The number of nitrogens with one attached hydrogen (secondary N) is 3. The zero-order chi connectivity index (χ0) is 11.5. The molecule has 4 nitrogen and oxygen atoms in total. The Bertz CT molecular complexity index is 377. The molecule has 0 spiro atoms. The first kappa shape index (κ1) is 11.5. The third-order valence-electron chi connectivity index (χ3n) is 2.85. The molecule has 2 rings (SSSR count). The molecule has 2 atom stereocenters. The van der Waals surface area contributed by atoms with Crippen molar-refractivity contribution >= 4 is 17.5 Å². The molecule has 1 fully saturated rings. The van der Waals surface area contributed by atoms with Gasteiger partial charge in [0.15, 0.2) is 0 Å². The first-order chi connectivity index (χ1) is 7.65. The first-order valence-electron chi connectivity index (χ1n) is 5.53. The molecule has 0 saturated carbocycles. The second kappa shape index (κ2) is 4.89. The lowest BCUT2D eigenvalue weighted by molar-refractivity contribution is 0.0921. The van der Waals surface area contributed by atoms with Gasteiger partial charge in [0.25, 0.3) is 5.91 Å². The van der Waals surface area contributed by atoms with Crippen LogP contribution < -0.4 is 10.6 Å². The molecule has 2 unspecified atom stereocenters. The number of rotatable bonds is 2. The highest BCUT2D eigenvalue weighted by atomic mass is 35.5. The lowest BCUT2D eigenvalue weighted by Gasteiger charge is -2.28. The van der Waals surface area contributed by atoms with Gasteiger partial charge >= 0.3 is 0 Å². The van der Waals surface area contributed by atoms with E-state index < -0.39 is 0 Å². The van der Waals surface area contributed by atoms with Crippen LogP contribution in [0.1, 0.15) is 30.3 Å². The van der Waals surface area contributed by atoms with Gasteiger partial charge in [0.1, 0.15) is 5.69 Å². The molecule has 1 saturated heterocycles. The molecule has 3 N–H and O–H groups in total. The maximum absolute atomic E-state index is 11.8. The van der Waals surface area contributed by atoms with Crippen LogP contribution in [0.2, 0.25) is 5.02 Å². The molecule has 0 aliphatic carbocycles. The van der Waals surface area contributed by atoms with Gasteiger partial charge in [0.2, 0.25) is 0 Å². The van der Waals surface area contributed by atoms with Crippen LogP contribution >= 0.6 is 11.6 Å². The van der Waals surface area contributed by atoms with Crippen molar-refractivity contribution in [1.29, 1.82) is 0 Å². The average Bonchev–Trinajstić information content (AvgIpc) is 2.65. The van der Waals surface area contributed by atoms with E-state index in [1.807, 2.05) is 0 Å². The van der Waals surface area contributed by atoms with E-state index in [9.17, 15) is 4.79 Å². The highest BCUT2D eigenvalue weighted by molar-refractivity contribution is 6.30. The van der Waals surface area contributed by atoms with E-state index in [0.717, 1.165) is 19.4 Å². The fourth-order valence-corrected chi connectivity index (χ4v) is 2.19. The fraction of sp³-hybridized carbons (Fsp3) is 0.545. The number of carbonyl (C=O) groups is 1. The van der Waals surface area contributed by atoms with Crippen molar-refractivity contribution in [3.05, 3.63) is 23.0 Å². The zero-order valence-corrected chi connectivity index (χ0v) is 9.97. The van der Waals surface area contributed by atoms with Crippen molar-refractivity contribution in [2.24, 2.45) is 0 Å². The summed E-state index contributed by atoms with van der Waals surface area (Å²) >= 11 is 5.75. The maximum Gasteiger partial charge on any atom is 0.267 e. The maximum atomic E-state index is 11.8. The summed E-state index contributed by atoms with van der Waals surface area (Å²) in [5.41, 5.74) is 0.524. The molecular formula is C11H16ClN3O. The third-order valence-corrected chi connectivity index (χ3v) is 3.07. The summed E-state index contributed by atoms with van der Waals surface area (Å²) in [5.74, 6) is -0.0778. The minimum atomic E-state index is -0.0778. The van der Waals surface area contributed by atoms with Gasteiger partial charge in [0.05, 0.1) is 5.02 Å². The van der Waals surface area contributed by atoms with E-state index in [1.54, 1.807) is 12.3 Å². The quantitative estimate of drug-likeness (QED) is 0.736. The number of halogens is 1. The Morgan fingerprint density at radius 3 is 3.06 bits per heavy atom. The molecule has 0 bridgehead atoms. The highest BCUT2D eigenvalue weighted by Gasteiger charge is 2.20. The normalized spacial score (nSPS) is 25.4. The Morgan fingerprint density at radius 1 is 1.62 bits per heavy atom. The Kier molecular flexibility index (Phi) is 3.51. The Morgan fingerprint density at radius 2 is 2.44 bits per heavy atom. The minimum Gasteiger partial charge on any atom is -0.356 e. The van der Waals surface area contributed by atoms with Crippen LogP contribution in [0.3, 0.4) is 0 Å². The predicted octanol–water partition coefficient (Wildman–Crippen LogP) is 1.54. The van der Waals surface area contributed by atoms with Crippen molar-refractivity contribution < 1.29 is 4.79 Å². The number of aromatic amines is 1. The zero-order valence-electron chi connectivity index (χ0n) is 9.22. The summed E-state index contributed by atoms with van der Waals surface area (Å²) in [5, 5.41) is 6.92. The topological polar surface area (TPSA) is 56.9 Å². The number of hydrogen-bond acceptors (Lipinski definition) is 2. The van der Waals surface area contributed by atoms with Gasteiger partial charge < -0.3 is 15.6 Å². The molecule has 0 radical (unpaired) electrons. The Labute approximate surface area is 99.8 Å². The smallest absolute Gasteiger partial charge is 0.267 e. The molecule has 1 aromatic heterocycles. The average molecular weight is 242 g/mol. The van der Waals surface area contributed by atoms with Crippen molar-refractivity contribution in [3.63, 3.8) is 0 Å². The summed E-state index contributed by atoms with van der Waals surface area (Å²) in [6.45, 7) is 3.08. The number of piperidine rings is 1. The monoisotopic (exact) mass is 241 g/mol. The largest absolute Gasteiger partial charge is 0.356 e. The summed E-state index contributed by atoms with van der Waals surface area (Å²) in [6, 6.07) is 2.36. The fourth-order valence-electron chi connectivity index (χ4n) is 2.03. The third kappa shape index (κ3) is 2.77. The summed E-state index contributed by atoms with van der Waals surface area (Å²) in [4.78, 5) is 14.7. The molecule has 1 aromatic rings. The summed E-state index contributed by atoms with van der Waals surface area (Å²) in [6.07, 6.45) is 3.56. The van der Waals surface area contributed by atoms with E-state index in [4.69, 9.17) is 11.6 Å². The van der Waals surface area contributed by atoms with E-state index in [2.05, 4.69) is 22.5 Å². The lowest BCUT2D eigenvalue weighted by Crippen LogP contribution is -2.46. The number of aromatic nitrogens is 1. The van der Waals surface area contributed by atoms with Gasteiger partial charge in [-0.3, -0.25) is 4.79 Å². The van der Waals surface area contributed by atoms with Crippen LogP contribution in [-0.2, 0) is 0 Å².